The first-order valence-corrected chi connectivity index (χ1v) is 5.93. The van der Waals surface area contributed by atoms with Crippen LogP contribution in [-0.2, 0) is 7.05 Å². The zero-order valence-corrected chi connectivity index (χ0v) is 10.4. The summed E-state index contributed by atoms with van der Waals surface area (Å²) in [5.41, 5.74) is 0.648. The van der Waals surface area contributed by atoms with Gasteiger partial charge in [0.2, 0.25) is 0 Å². The second-order valence-electron chi connectivity index (χ2n) is 4.20. The Bertz CT molecular complexity index is 799. The molecule has 3 aromatic rings. The Morgan fingerprint density at radius 3 is 2.79 bits per heavy atom. The van der Waals surface area contributed by atoms with Crippen LogP contribution in [0.2, 0.25) is 0 Å². The predicted octanol–water partition coefficient (Wildman–Crippen LogP) is 2.70. The summed E-state index contributed by atoms with van der Waals surface area (Å²) < 4.78 is 6.74. The fraction of sp³-hybridized carbons (Fsp3) is 0.0667. The van der Waals surface area contributed by atoms with Gasteiger partial charge in [-0.15, -0.1) is 0 Å². The third kappa shape index (κ3) is 2.08. The molecular formula is C15H12N2O2. The summed E-state index contributed by atoms with van der Waals surface area (Å²) in [5.74, 6) is 1.32. The Kier molecular flexibility index (Phi) is 2.76. The number of benzene rings is 1. The first-order valence-electron chi connectivity index (χ1n) is 5.93. The minimum Gasteiger partial charge on any atom is -0.465 e. The monoisotopic (exact) mass is 252 g/mol. The molecule has 4 heteroatoms. The standard InChI is InChI=1S/C15H12N2O2/c1-17-14(9-8-11-5-4-10-19-11)16-13-7-3-2-6-12(13)15(17)18/h2-10H,1H3. The summed E-state index contributed by atoms with van der Waals surface area (Å²) in [6.07, 6.45) is 5.16. The number of furan rings is 1. The molecule has 19 heavy (non-hydrogen) atoms. The molecule has 3 rings (SSSR count). The van der Waals surface area contributed by atoms with Crippen molar-refractivity contribution in [2.24, 2.45) is 7.05 Å². The summed E-state index contributed by atoms with van der Waals surface area (Å²) in [5, 5.41) is 0.625. The quantitative estimate of drug-likeness (QED) is 0.704. The van der Waals surface area contributed by atoms with E-state index in [1.165, 1.54) is 4.57 Å². The molecule has 0 unspecified atom stereocenters. The molecule has 0 bridgehead atoms. The molecule has 0 spiro atoms. The molecule has 0 aliphatic heterocycles. The third-order valence-corrected chi connectivity index (χ3v) is 2.96. The van der Waals surface area contributed by atoms with Gasteiger partial charge in [0, 0.05) is 7.05 Å². The number of hydrogen-bond donors (Lipinski definition) is 0. The lowest BCUT2D eigenvalue weighted by atomic mass is 10.2. The highest BCUT2D eigenvalue weighted by Crippen LogP contribution is 2.10. The second-order valence-corrected chi connectivity index (χ2v) is 4.20. The second kappa shape index (κ2) is 4.57. The van der Waals surface area contributed by atoms with Gasteiger partial charge in [-0.25, -0.2) is 4.98 Å². The molecule has 2 aromatic heterocycles. The van der Waals surface area contributed by atoms with E-state index in [4.69, 9.17) is 4.42 Å². The maximum Gasteiger partial charge on any atom is 0.261 e. The van der Waals surface area contributed by atoms with E-state index in [1.807, 2.05) is 30.3 Å². The van der Waals surface area contributed by atoms with E-state index in [2.05, 4.69) is 4.98 Å². The first-order chi connectivity index (χ1) is 9.25. The van der Waals surface area contributed by atoms with Gasteiger partial charge >= 0.3 is 0 Å². The van der Waals surface area contributed by atoms with E-state index in [1.54, 1.807) is 31.5 Å². The van der Waals surface area contributed by atoms with Crippen molar-refractivity contribution >= 4 is 23.1 Å². The summed E-state index contributed by atoms with van der Waals surface area (Å²) in [7, 11) is 1.71. The minimum atomic E-state index is -0.0512. The number of hydrogen-bond acceptors (Lipinski definition) is 3. The van der Waals surface area contributed by atoms with Crippen LogP contribution in [0.5, 0.6) is 0 Å². The van der Waals surface area contributed by atoms with E-state index < -0.39 is 0 Å². The van der Waals surface area contributed by atoms with Crippen LogP contribution < -0.4 is 5.56 Å². The van der Waals surface area contributed by atoms with E-state index in [0.29, 0.717) is 16.7 Å². The van der Waals surface area contributed by atoms with Crippen LogP contribution >= 0.6 is 0 Å². The molecule has 4 nitrogen and oxygen atoms in total. The van der Waals surface area contributed by atoms with Gasteiger partial charge in [-0.05, 0) is 36.4 Å². The number of nitrogens with zero attached hydrogens (tertiary/aromatic N) is 2. The van der Waals surface area contributed by atoms with Gasteiger partial charge in [0.1, 0.15) is 11.6 Å². The fourth-order valence-corrected chi connectivity index (χ4v) is 1.93. The summed E-state index contributed by atoms with van der Waals surface area (Å²) in [6, 6.07) is 11.0. The summed E-state index contributed by atoms with van der Waals surface area (Å²) in [4.78, 5) is 16.6. The molecular weight excluding hydrogens is 240 g/mol. The molecule has 0 fully saturated rings. The molecule has 2 heterocycles. The van der Waals surface area contributed by atoms with Crippen LogP contribution in [-0.4, -0.2) is 9.55 Å². The Hall–Kier alpha value is -2.62. The molecule has 0 atom stereocenters. The van der Waals surface area contributed by atoms with Crippen molar-refractivity contribution < 1.29 is 4.42 Å². The van der Waals surface area contributed by atoms with E-state index in [9.17, 15) is 4.79 Å². The van der Waals surface area contributed by atoms with Crippen LogP contribution in [0.1, 0.15) is 11.6 Å². The van der Waals surface area contributed by atoms with Crippen molar-refractivity contribution in [3.63, 3.8) is 0 Å². The molecule has 0 amide bonds. The van der Waals surface area contributed by atoms with Crippen molar-refractivity contribution in [3.8, 4) is 0 Å². The van der Waals surface area contributed by atoms with Crippen molar-refractivity contribution in [1.82, 2.24) is 9.55 Å². The average molecular weight is 252 g/mol. The van der Waals surface area contributed by atoms with E-state index in [0.717, 1.165) is 5.76 Å². The highest BCUT2D eigenvalue weighted by Gasteiger charge is 2.05. The van der Waals surface area contributed by atoms with Gasteiger partial charge in [-0.2, -0.15) is 0 Å². The van der Waals surface area contributed by atoms with Gasteiger partial charge < -0.3 is 4.42 Å². The summed E-state index contributed by atoms with van der Waals surface area (Å²) in [6.45, 7) is 0. The lowest BCUT2D eigenvalue weighted by Gasteiger charge is -2.05. The Morgan fingerprint density at radius 1 is 1.16 bits per heavy atom. The topological polar surface area (TPSA) is 48.0 Å². The van der Waals surface area contributed by atoms with Gasteiger partial charge in [-0.1, -0.05) is 12.1 Å². The maximum atomic E-state index is 12.2. The first kappa shape index (κ1) is 11.5. The van der Waals surface area contributed by atoms with Crippen LogP contribution in [0, 0.1) is 0 Å². The summed E-state index contributed by atoms with van der Waals surface area (Å²) >= 11 is 0. The van der Waals surface area contributed by atoms with E-state index >= 15 is 0 Å². The highest BCUT2D eigenvalue weighted by molar-refractivity contribution is 5.79. The molecule has 0 N–H and O–H groups in total. The zero-order valence-electron chi connectivity index (χ0n) is 10.4. The van der Waals surface area contributed by atoms with Gasteiger partial charge in [0.15, 0.2) is 0 Å². The molecule has 0 saturated heterocycles. The highest BCUT2D eigenvalue weighted by atomic mass is 16.3. The van der Waals surface area contributed by atoms with Crippen molar-refractivity contribution in [2.75, 3.05) is 0 Å². The lowest BCUT2D eigenvalue weighted by Crippen LogP contribution is -2.20. The predicted molar refractivity (Wildman–Crippen MR) is 74.6 cm³/mol. The van der Waals surface area contributed by atoms with Crippen molar-refractivity contribution in [1.29, 1.82) is 0 Å². The lowest BCUT2D eigenvalue weighted by molar-refractivity contribution is 0.557. The van der Waals surface area contributed by atoms with Crippen molar-refractivity contribution in [2.45, 2.75) is 0 Å². The average Bonchev–Trinajstić information content (AvgIpc) is 2.94. The number of rotatable bonds is 2. The maximum absolute atomic E-state index is 12.2. The van der Waals surface area contributed by atoms with E-state index in [-0.39, 0.29) is 5.56 Å². The van der Waals surface area contributed by atoms with Gasteiger partial charge in [0.05, 0.1) is 17.2 Å². The molecule has 0 saturated carbocycles. The van der Waals surface area contributed by atoms with Gasteiger partial charge in [0.25, 0.3) is 5.56 Å². The van der Waals surface area contributed by atoms with Gasteiger partial charge in [-0.3, -0.25) is 9.36 Å². The normalized spacial score (nSPS) is 11.4. The smallest absolute Gasteiger partial charge is 0.261 e. The number of para-hydroxylation sites is 1. The van der Waals surface area contributed by atoms with Crippen LogP contribution in [0.4, 0.5) is 0 Å². The number of fused-ring (bicyclic) bond motifs is 1. The zero-order chi connectivity index (χ0) is 13.2. The molecule has 0 aliphatic carbocycles. The Labute approximate surface area is 109 Å². The Balaban J connectivity index is 2.14. The molecule has 1 aromatic carbocycles. The fourth-order valence-electron chi connectivity index (χ4n) is 1.93. The van der Waals surface area contributed by atoms with Crippen molar-refractivity contribution in [3.05, 3.63) is 64.6 Å². The number of aromatic nitrogens is 2. The van der Waals surface area contributed by atoms with Crippen LogP contribution in [0.25, 0.3) is 23.1 Å². The molecule has 0 aliphatic rings. The Morgan fingerprint density at radius 2 is 2.00 bits per heavy atom. The molecule has 94 valence electrons. The van der Waals surface area contributed by atoms with Crippen LogP contribution in [0.3, 0.4) is 0 Å². The third-order valence-electron chi connectivity index (χ3n) is 2.96. The SMILES string of the molecule is Cn1c(C=Cc2ccco2)nc2ccccc2c1=O. The largest absolute Gasteiger partial charge is 0.465 e. The van der Waals surface area contributed by atoms with Crippen LogP contribution in [0.15, 0.2) is 51.9 Å². The molecule has 0 radical (unpaired) electrons. The minimum absolute atomic E-state index is 0.0512.